The summed E-state index contributed by atoms with van der Waals surface area (Å²) in [5.41, 5.74) is 2.06. The van der Waals surface area contributed by atoms with Gasteiger partial charge in [0.05, 0.1) is 6.54 Å². The number of carbonyl (C=O) groups excluding carboxylic acids is 1. The molecule has 0 aliphatic heterocycles. The van der Waals surface area contributed by atoms with Crippen LogP contribution in [-0.4, -0.2) is 22.7 Å². The Balaban J connectivity index is 1.47. The van der Waals surface area contributed by atoms with E-state index in [0.29, 0.717) is 22.5 Å². The van der Waals surface area contributed by atoms with Crippen molar-refractivity contribution in [3.63, 3.8) is 0 Å². The van der Waals surface area contributed by atoms with Gasteiger partial charge in [-0.2, -0.15) is 4.98 Å². The first-order chi connectivity index (χ1) is 13.3. The van der Waals surface area contributed by atoms with Crippen LogP contribution in [0.1, 0.15) is 32.2 Å². The van der Waals surface area contributed by atoms with Crippen molar-refractivity contribution in [3.05, 3.63) is 65.0 Å². The fraction of sp³-hybridized carbons (Fsp3) is 0.286. The van der Waals surface area contributed by atoms with Gasteiger partial charge in [-0.25, -0.2) is 0 Å². The predicted octanol–water partition coefficient (Wildman–Crippen LogP) is 4.38. The SMILES string of the molecule is CC(C)(C)c1ccc(OCC(=O)NCc2nc(-c3ccc(Cl)cc3)no2)cc1. The third kappa shape index (κ3) is 5.33. The quantitative estimate of drug-likeness (QED) is 0.665. The van der Waals surface area contributed by atoms with Crippen molar-refractivity contribution < 1.29 is 14.1 Å². The second kappa shape index (κ2) is 8.44. The molecule has 0 saturated carbocycles. The van der Waals surface area contributed by atoms with Gasteiger partial charge in [-0.05, 0) is 47.4 Å². The lowest BCUT2D eigenvalue weighted by molar-refractivity contribution is -0.123. The Labute approximate surface area is 168 Å². The van der Waals surface area contributed by atoms with Gasteiger partial charge in [0.2, 0.25) is 11.7 Å². The van der Waals surface area contributed by atoms with Crippen molar-refractivity contribution in [2.75, 3.05) is 6.61 Å². The van der Waals surface area contributed by atoms with E-state index in [-0.39, 0.29) is 24.5 Å². The van der Waals surface area contributed by atoms with Crippen LogP contribution in [0.25, 0.3) is 11.4 Å². The first-order valence-corrected chi connectivity index (χ1v) is 9.27. The van der Waals surface area contributed by atoms with Crippen LogP contribution in [0.4, 0.5) is 0 Å². The zero-order valence-electron chi connectivity index (χ0n) is 16.0. The molecule has 0 atom stereocenters. The Hall–Kier alpha value is -2.86. The molecule has 1 aromatic heterocycles. The number of halogens is 1. The minimum atomic E-state index is -0.272. The van der Waals surface area contributed by atoms with Crippen LogP contribution in [0.3, 0.4) is 0 Å². The Morgan fingerprint density at radius 3 is 2.43 bits per heavy atom. The molecule has 2 aromatic carbocycles. The molecule has 0 saturated heterocycles. The Bertz CT molecular complexity index is 929. The van der Waals surface area contributed by atoms with Crippen LogP contribution >= 0.6 is 11.6 Å². The number of nitrogens with zero attached hydrogens (tertiary/aromatic N) is 2. The van der Waals surface area contributed by atoms with Crippen LogP contribution in [0.5, 0.6) is 5.75 Å². The molecule has 0 radical (unpaired) electrons. The van der Waals surface area contributed by atoms with Gasteiger partial charge in [-0.1, -0.05) is 49.7 Å². The topological polar surface area (TPSA) is 77.2 Å². The molecule has 0 aliphatic carbocycles. The summed E-state index contributed by atoms with van der Waals surface area (Å²) in [6.07, 6.45) is 0. The number of amides is 1. The third-order valence-electron chi connectivity index (χ3n) is 4.10. The summed E-state index contributed by atoms with van der Waals surface area (Å²) in [5, 5.41) is 7.23. The average Bonchev–Trinajstić information content (AvgIpc) is 3.14. The lowest BCUT2D eigenvalue weighted by Crippen LogP contribution is -2.28. The molecule has 1 N–H and O–H groups in total. The van der Waals surface area contributed by atoms with Gasteiger partial charge >= 0.3 is 0 Å². The van der Waals surface area contributed by atoms with E-state index in [9.17, 15) is 4.79 Å². The van der Waals surface area contributed by atoms with Crippen molar-refractivity contribution in [2.24, 2.45) is 0 Å². The Morgan fingerprint density at radius 2 is 1.79 bits per heavy atom. The molecular formula is C21H22ClN3O3. The molecule has 1 amide bonds. The van der Waals surface area contributed by atoms with Gasteiger partial charge in [0.25, 0.3) is 5.91 Å². The molecule has 0 fully saturated rings. The van der Waals surface area contributed by atoms with Crippen molar-refractivity contribution >= 4 is 17.5 Å². The number of nitrogens with one attached hydrogen (secondary N) is 1. The van der Waals surface area contributed by atoms with Gasteiger partial charge in [-0.3, -0.25) is 4.79 Å². The second-order valence-corrected chi connectivity index (χ2v) is 7.79. The second-order valence-electron chi connectivity index (χ2n) is 7.36. The third-order valence-corrected chi connectivity index (χ3v) is 4.35. The van der Waals surface area contributed by atoms with Gasteiger partial charge in [0.1, 0.15) is 5.75 Å². The zero-order valence-corrected chi connectivity index (χ0v) is 16.8. The van der Waals surface area contributed by atoms with Gasteiger partial charge in [-0.15, -0.1) is 0 Å². The minimum Gasteiger partial charge on any atom is -0.484 e. The molecular weight excluding hydrogens is 378 g/mol. The van der Waals surface area contributed by atoms with E-state index in [1.807, 2.05) is 24.3 Å². The Kier molecular flexibility index (Phi) is 5.99. The van der Waals surface area contributed by atoms with Crippen molar-refractivity contribution in [3.8, 4) is 17.1 Å². The number of aromatic nitrogens is 2. The fourth-order valence-corrected chi connectivity index (χ4v) is 2.59. The monoisotopic (exact) mass is 399 g/mol. The van der Waals surface area contributed by atoms with E-state index in [2.05, 4.69) is 36.2 Å². The fourth-order valence-electron chi connectivity index (χ4n) is 2.47. The highest BCUT2D eigenvalue weighted by Crippen LogP contribution is 2.24. The summed E-state index contributed by atoms with van der Waals surface area (Å²) >= 11 is 5.87. The van der Waals surface area contributed by atoms with E-state index >= 15 is 0 Å². The number of rotatable bonds is 6. The molecule has 3 rings (SSSR count). The molecule has 1 heterocycles. The molecule has 6 nitrogen and oxygen atoms in total. The summed E-state index contributed by atoms with van der Waals surface area (Å²) < 4.78 is 10.7. The standard InChI is InChI=1S/C21H22ClN3O3/c1-21(2,3)15-6-10-17(11-7-15)27-13-18(26)23-12-19-24-20(25-28-19)14-4-8-16(22)9-5-14/h4-11H,12-13H2,1-3H3,(H,23,26). The van der Waals surface area contributed by atoms with E-state index in [1.54, 1.807) is 24.3 Å². The van der Waals surface area contributed by atoms with Crippen LogP contribution < -0.4 is 10.1 Å². The summed E-state index contributed by atoms with van der Waals surface area (Å²) in [6.45, 7) is 6.48. The van der Waals surface area contributed by atoms with Crippen LogP contribution in [0, 0.1) is 0 Å². The molecule has 28 heavy (non-hydrogen) atoms. The molecule has 7 heteroatoms. The maximum absolute atomic E-state index is 12.0. The Morgan fingerprint density at radius 1 is 1.11 bits per heavy atom. The first-order valence-electron chi connectivity index (χ1n) is 8.90. The van der Waals surface area contributed by atoms with E-state index < -0.39 is 0 Å². The highest BCUT2D eigenvalue weighted by Gasteiger charge is 2.14. The van der Waals surface area contributed by atoms with E-state index in [0.717, 1.165) is 5.56 Å². The molecule has 146 valence electrons. The van der Waals surface area contributed by atoms with Crippen molar-refractivity contribution in [2.45, 2.75) is 32.7 Å². The van der Waals surface area contributed by atoms with Crippen LogP contribution in [0.2, 0.25) is 5.02 Å². The maximum Gasteiger partial charge on any atom is 0.258 e. The number of ether oxygens (including phenoxy) is 1. The highest BCUT2D eigenvalue weighted by atomic mass is 35.5. The number of hydrogen-bond donors (Lipinski definition) is 1. The summed E-state index contributed by atoms with van der Waals surface area (Å²) in [7, 11) is 0. The van der Waals surface area contributed by atoms with Gasteiger partial charge in [0, 0.05) is 10.6 Å². The smallest absolute Gasteiger partial charge is 0.258 e. The largest absolute Gasteiger partial charge is 0.484 e. The lowest BCUT2D eigenvalue weighted by atomic mass is 9.87. The number of hydrogen-bond acceptors (Lipinski definition) is 5. The van der Waals surface area contributed by atoms with Crippen molar-refractivity contribution in [1.29, 1.82) is 0 Å². The van der Waals surface area contributed by atoms with E-state index in [4.69, 9.17) is 20.9 Å². The minimum absolute atomic E-state index is 0.0743. The van der Waals surface area contributed by atoms with Gasteiger partial charge < -0.3 is 14.6 Å². The predicted molar refractivity (Wildman–Crippen MR) is 107 cm³/mol. The summed E-state index contributed by atoms with van der Waals surface area (Å²) in [4.78, 5) is 16.2. The highest BCUT2D eigenvalue weighted by molar-refractivity contribution is 6.30. The number of benzene rings is 2. The average molecular weight is 400 g/mol. The van der Waals surface area contributed by atoms with E-state index in [1.165, 1.54) is 5.56 Å². The van der Waals surface area contributed by atoms with Gasteiger partial charge in [0.15, 0.2) is 6.61 Å². The van der Waals surface area contributed by atoms with Crippen LogP contribution in [-0.2, 0) is 16.8 Å². The molecule has 3 aromatic rings. The number of carbonyl (C=O) groups is 1. The van der Waals surface area contributed by atoms with Crippen molar-refractivity contribution in [1.82, 2.24) is 15.5 Å². The summed E-state index contributed by atoms with van der Waals surface area (Å²) in [6, 6.07) is 14.8. The zero-order chi connectivity index (χ0) is 20.1. The molecule has 0 aliphatic rings. The molecule has 0 bridgehead atoms. The molecule has 0 spiro atoms. The normalized spacial score (nSPS) is 11.3. The first kappa shape index (κ1) is 19.9. The van der Waals surface area contributed by atoms with Crippen LogP contribution in [0.15, 0.2) is 53.1 Å². The maximum atomic E-state index is 12.0. The lowest BCUT2D eigenvalue weighted by Gasteiger charge is -2.19. The molecule has 0 unspecified atom stereocenters. The summed E-state index contributed by atoms with van der Waals surface area (Å²) in [5.74, 6) is 1.13.